The highest BCUT2D eigenvalue weighted by atomic mass is 16.1. The molecule has 2 aromatic carbocycles. The van der Waals surface area contributed by atoms with Gasteiger partial charge in [-0.05, 0) is 36.4 Å². The average Bonchev–Trinajstić information content (AvgIpc) is 3.55. The Balaban J connectivity index is 1.30. The smallest absolute Gasteiger partial charge is 0.272 e. The van der Waals surface area contributed by atoms with Gasteiger partial charge in [-0.1, -0.05) is 12.1 Å². The van der Waals surface area contributed by atoms with Gasteiger partial charge in [0.1, 0.15) is 17.3 Å². The van der Waals surface area contributed by atoms with Crippen LogP contribution in [0.5, 0.6) is 0 Å². The number of hydrogen-bond donors (Lipinski definition) is 4. The minimum atomic E-state index is -0.295. The Morgan fingerprint density at radius 2 is 1.86 bits per heavy atom. The number of fused-ring (bicyclic) bond motifs is 2. The van der Waals surface area contributed by atoms with Crippen molar-refractivity contribution in [1.29, 1.82) is 5.26 Å². The zero-order valence-electron chi connectivity index (χ0n) is 18.5. The lowest BCUT2D eigenvalue weighted by molar-refractivity contribution is 0.102. The van der Waals surface area contributed by atoms with Gasteiger partial charge >= 0.3 is 0 Å². The molecule has 0 aliphatic carbocycles. The van der Waals surface area contributed by atoms with Crippen LogP contribution in [-0.4, -0.2) is 41.3 Å². The molecule has 172 valence electrons. The number of nitriles is 1. The van der Waals surface area contributed by atoms with Gasteiger partial charge in [-0.15, -0.1) is 0 Å². The summed E-state index contributed by atoms with van der Waals surface area (Å²) >= 11 is 0. The predicted octanol–water partition coefficient (Wildman–Crippen LogP) is 4.16. The Hall–Kier alpha value is -5.63. The highest BCUT2D eigenvalue weighted by molar-refractivity contribution is 6.06. The third-order valence-corrected chi connectivity index (χ3v) is 5.58. The first-order valence-corrected chi connectivity index (χ1v) is 10.8. The molecule has 4 heterocycles. The molecule has 11 heteroatoms. The average molecular weight is 472 g/mol. The van der Waals surface area contributed by atoms with Gasteiger partial charge in [0.05, 0.1) is 36.0 Å². The minimum absolute atomic E-state index is 0.295. The molecule has 36 heavy (non-hydrogen) atoms. The van der Waals surface area contributed by atoms with Crippen LogP contribution in [0.15, 0.2) is 73.3 Å². The molecule has 0 saturated carbocycles. The third kappa shape index (κ3) is 3.95. The van der Waals surface area contributed by atoms with Crippen molar-refractivity contribution in [3.05, 3.63) is 84.6 Å². The number of nitrogens with zero attached hydrogens (tertiary/aromatic N) is 6. The van der Waals surface area contributed by atoms with Crippen LogP contribution in [0, 0.1) is 11.3 Å². The van der Waals surface area contributed by atoms with Gasteiger partial charge in [0.15, 0.2) is 11.6 Å². The Morgan fingerprint density at radius 1 is 0.917 bits per heavy atom. The minimum Gasteiger partial charge on any atom is -0.350 e. The second kappa shape index (κ2) is 8.62. The highest BCUT2D eigenvalue weighted by Gasteiger charge is 2.13. The Morgan fingerprint density at radius 3 is 2.72 bits per heavy atom. The van der Waals surface area contributed by atoms with Gasteiger partial charge in [0, 0.05) is 27.5 Å². The van der Waals surface area contributed by atoms with E-state index in [-0.39, 0.29) is 5.91 Å². The molecule has 11 nitrogen and oxygen atoms in total. The summed E-state index contributed by atoms with van der Waals surface area (Å²) in [6, 6.07) is 16.9. The van der Waals surface area contributed by atoms with Crippen LogP contribution in [0.3, 0.4) is 0 Å². The van der Waals surface area contributed by atoms with Crippen LogP contribution >= 0.6 is 0 Å². The lowest BCUT2D eigenvalue weighted by Crippen LogP contribution is -2.12. The maximum Gasteiger partial charge on any atom is 0.272 e. The summed E-state index contributed by atoms with van der Waals surface area (Å²) < 4.78 is 0. The monoisotopic (exact) mass is 472 g/mol. The quantitative estimate of drug-likeness (QED) is 0.291. The van der Waals surface area contributed by atoms with E-state index in [9.17, 15) is 10.1 Å². The highest BCUT2D eigenvalue weighted by Crippen LogP contribution is 2.27. The number of aromatic nitrogens is 7. The van der Waals surface area contributed by atoms with Gasteiger partial charge in [-0.2, -0.15) is 20.6 Å². The van der Waals surface area contributed by atoms with E-state index in [4.69, 9.17) is 0 Å². The molecule has 0 radical (unpaired) electrons. The van der Waals surface area contributed by atoms with Crippen LogP contribution < -0.4 is 10.6 Å². The van der Waals surface area contributed by atoms with Crippen LogP contribution in [0.2, 0.25) is 0 Å². The molecule has 1 amide bonds. The molecular formula is C25H16N10O. The molecule has 0 aliphatic heterocycles. The SMILES string of the molecule is N#Cc1cnc(-c2ccc3cc(C(=O)Nc4ccnnc4)[nH]c3c2)nc1Nc1ccc2[nH]ncc2c1. The summed E-state index contributed by atoms with van der Waals surface area (Å²) in [5.41, 5.74) is 4.42. The fourth-order valence-electron chi connectivity index (χ4n) is 3.81. The number of nitrogens with one attached hydrogen (secondary N) is 4. The van der Waals surface area contributed by atoms with Crippen molar-refractivity contribution in [2.24, 2.45) is 0 Å². The number of benzene rings is 2. The number of hydrogen-bond acceptors (Lipinski definition) is 8. The van der Waals surface area contributed by atoms with E-state index >= 15 is 0 Å². The third-order valence-electron chi connectivity index (χ3n) is 5.58. The maximum atomic E-state index is 12.6. The van der Waals surface area contributed by atoms with Crippen molar-refractivity contribution in [3.8, 4) is 17.5 Å². The van der Waals surface area contributed by atoms with Gasteiger partial charge in [0.25, 0.3) is 5.91 Å². The second-order valence-corrected chi connectivity index (χ2v) is 7.94. The number of anilines is 3. The topological polar surface area (TPSA) is 161 Å². The van der Waals surface area contributed by atoms with Crippen molar-refractivity contribution >= 4 is 44.9 Å². The van der Waals surface area contributed by atoms with Gasteiger partial charge in [-0.3, -0.25) is 9.89 Å². The van der Waals surface area contributed by atoms with Crippen molar-refractivity contribution < 1.29 is 4.79 Å². The molecule has 6 aromatic rings. The van der Waals surface area contributed by atoms with E-state index in [1.54, 1.807) is 18.3 Å². The number of carbonyl (C=O) groups excluding carboxylic acids is 1. The van der Waals surface area contributed by atoms with E-state index in [0.29, 0.717) is 28.6 Å². The van der Waals surface area contributed by atoms with Gasteiger partial charge < -0.3 is 15.6 Å². The molecular weight excluding hydrogens is 456 g/mol. The van der Waals surface area contributed by atoms with Crippen LogP contribution in [-0.2, 0) is 0 Å². The number of H-pyrrole nitrogens is 2. The normalized spacial score (nSPS) is 10.9. The van der Waals surface area contributed by atoms with Crippen LogP contribution in [0.25, 0.3) is 33.2 Å². The number of carbonyl (C=O) groups is 1. The molecule has 0 bridgehead atoms. The molecule has 0 unspecified atom stereocenters. The first-order chi connectivity index (χ1) is 17.7. The zero-order chi connectivity index (χ0) is 24.5. The number of amides is 1. The number of rotatable bonds is 5. The van der Waals surface area contributed by atoms with E-state index in [0.717, 1.165) is 33.1 Å². The van der Waals surface area contributed by atoms with Crippen LogP contribution in [0.4, 0.5) is 17.2 Å². The largest absolute Gasteiger partial charge is 0.350 e. The Kier molecular flexibility index (Phi) is 5.01. The summed E-state index contributed by atoms with van der Waals surface area (Å²) in [6.45, 7) is 0. The zero-order valence-corrected chi connectivity index (χ0v) is 18.5. The Bertz CT molecular complexity index is 1780. The fourth-order valence-corrected chi connectivity index (χ4v) is 3.81. The summed E-state index contributed by atoms with van der Waals surface area (Å²) in [5.74, 6) is 0.533. The summed E-state index contributed by atoms with van der Waals surface area (Å²) in [4.78, 5) is 24.7. The van der Waals surface area contributed by atoms with Crippen LogP contribution in [0.1, 0.15) is 16.1 Å². The molecule has 0 saturated heterocycles. The second-order valence-electron chi connectivity index (χ2n) is 7.94. The molecule has 0 atom stereocenters. The van der Waals surface area contributed by atoms with Crippen molar-refractivity contribution in [2.45, 2.75) is 0 Å². The Labute approximate surface area is 203 Å². The van der Waals surface area contributed by atoms with E-state index in [1.807, 2.05) is 36.4 Å². The van der Waals surface area contributed by atoms with E-state index < -0.39 is 0 Å². The first kappa shape index (κ1) is 20.9. The molecule has 0 fully saturated rings. The standard InChI is InChI=1S/C25H16N10O/c26-10-17-11-27-23(34-24(17)31-18-3-4-20-16(7-18)12-30-35-20)15-2-1-14-8-22(33-21(14)9-15)25(36)32-19-5-6-28-29-13-19/h1-9,11-13,33H,(H,30,35)(H,27,31,34)(H,28,32,36). The summed E-state index contributed by atoms with van der Waals surface area (Å²) in [7, 11) is 0. The van der Waals surface area contributed by atoms with Crippen molar-refractivity contribution in [3.63, 3.8) is 0 Å². The molecule has 0 aliphatic rings. The van der Waals surface area contributed by atoms with Gasteiger partial charge in [-0.25, -0.2) is 9.97 Å². The summed E-state index contributed by atoms with van der Waals surface area (Å²) in [5, 5.41) is 31.7. The summed E-state index contributed by atoms with van der Waals surface area (Å²) in [6.07, 6.45) is 6.19. The fraction of sp³-hybridized carbons (Fsp3) is 0. The molecule has 0 spiro atoms. The lowest BCUT2D eigenvalue weighted by atomic mass is 10.1. The maximum absolute atomic E-state index is 12.6. The van der Waals surface area contributed by atoms with E-state index in [2.05, 4.69) is 52.0 Å². The van der Waals surface area contributed by atoms with Crippen molar-refractivity contribution in [2.75, 3.05) is 10.6 Å². The molecule has 4 N–H and O–H groups in total. The predicted molar refractivity (Wildman–Crippen MR) is 133 cm³/mol. The molecule has 4 aromatic heterocycles. The van der Waals surface area contributed by atoms with E-state index in [1.165, 1.54) is 18.6 Å². The molecule has 6 rings (SSSR count). The first-order valence-electron chi connectivity index (χ1n) is 10.8. The van der Waals surface area contributed by atoms with Gasteiger partial charge in [0.2, 0.25) is 0 Å². The lowest BCUT2D eigenvalue weighted by Gasteiger charge is -2.09. The number of aromatic amines is 2. The van der Waals surface area contributed by atoms with Crippen molar-refractivity contribution in [1.82, 2.24) is 35.3 Å².